The first-order valence-corrected chi connectivity index (χ1v) is 10.1. The Morgan fingerprint density at radius 1 is 1.10 bits per heavy atom. The molecule has 0 aromatic heterocycles. The quantitative estimate of drug-likeness (QED) is 0.482. The number of rotatable bonds is 7. The van der Waals surface area contributed by atoms with Crippen LogP contribution < -0.4 is 4.74 Å². The van der Waals surface area contributed by atoms with E-state index in [0.29, 0.717) is 11.3 Å². The van der Waals surface area contributed by atoms with Gasteiger partial charge in [-0.05, 0) is 30.3 Å². The molecule has 5 nitrogen and oxygen atoms in total. The summed E-state index contributed by atoms with van der Waals surface area (Å²) in [4.78, 5) is 24.2. The molecular formula is C24H22F2O5. The summed E-state index contributed by atoms with van der Waals surface area (Å²) in [5, 5.41) is 0. The van der Waals surface area contributed by atoms with E-state index in [1.165, 1.54) is 6.08 Å². The Balaban J connectivity index is 1.45. The van der Waals surface area contributed by atoms with Crippen molar-refractivity contribution in [2.45, 2.75) is 31.0 Å². The molecule has 0 unspecified atom stereocenters. The molecule has 162 valence electrons. The molecule has 2 aromatic rings. The van der Waals surface area contributed by atoms with E-state index < -0.39 is 36.6 Å². The van der Waals surface area contributed by atoms with Gasteiger partial charge in [-0.1, -0.05) is 42.5 Å². The predicted molar refractivity (Wildman–Crippen MR) is 108 cm³/mol. The van der Waals surface area contributed by atoms with Crippen LogP contribution in [-0.4, -0.2) is 36.7 Å². The van der Waals surface area contributed by atoms with Crippen LogP contribution >= 0.6 is 0 Å². The maximum absolute atomic E-state index is 14.4. The van der Waals surface area contributed by atoms with Crippen molar-refractivity contribution in [3.8, 4) is 5.75 Å². The number of carbonyl (C=O) groups is 2. The van der Waals surface area contributed by atoms with E-state index in [1.54, 1.807) is 60.7 Å². The Morgan fingerprint density at radius 3 is 2.48 bits per heavy atom. The monoisotopic (exact) mass is 428 g/mol. The van der Waals surface area contributed by atoms with Crippen molar-refractivity contribution >= 4 is 11.9 Å². The van der Waals surface area contributed by atoms with Crippen LogP contribution in [-0.2, 0) is 14.3 Å². The second-order valence-corrected chi connectivity index (χ2v) is 7.74. The molecule has 0 radical (unpaired) electrons. The number of esters is 2. The molecule has 0 N–H and O–H groups in total. The van der Waals surface area contributed by atoms with Crippen LogP contribution in [0.1, 0.15) is 23.2 Å². The lowest BCUT2D eigenvalue weighted by molar-refractivity contribution is -0.141. The van der Waals surface area contributed by atoms with Gasteiger partial charge in [0.2, 0.25) is 0 Å². The van der Waals surface area contributed by atoms with Crippen LogP contribution in [0.5, 0.6) is 5.75 Å². The molecule has 2 aromatic carbocycles. The van der Waals surface area contributed by atoms with Crippen molar-refractivity contribution in [3.63, 3.8) is 0 Å². The molecule has 1 aliphatic carbocycles. The van der Waals surface area contributed by atoms with E-state index in [0.717, 1.165) is 6.08 Å². The zero-order chi connectivity index (χ0) is 21.8. The Bertz CT molecular complexity index is 945. The minimum atomic E-state index is -3.23. The standard InChI is InChI=1S/C24H22F2O5/c25-24(26,15-29-17-9-5-2-6-10-17)12-11-18-19-13-22(27)30-21(19)14-20(18)31-23(28)16-7-3-1-4-8-16/h1-12,18-21H,13-15H2/b12-11+/t18-,19-,20-,21+/m1/s1. The average Bonchev–Trinajstić information content (AvgIpc) is 3.27. The van der Waals surface area contributed by atoms with Crippen LogP contribution in [0.3, 0.4) is 0 Å². The van der Waals surface area contributed by atoms with Gasteiger partial charge in [-0.3, -0.25) is 4.79 Å². The number of hydrogen-bond donors (Lipinski definition) is 0. The summed E-state index contributed by atoms with van der Waals surface area (Å²) >= 11 is 0. The van der Waals surface area contributed by atoms with Gasteiger partial charge in [-0.25, -0.2) is 4.79 Å². The molecule has 0 bridgehead atoms. The molecule has 7 heteroatoms. The minimum absolute atomic E-state index is 0.116. The Labute approximate surface area is 178 Å². The molecule has 0 amide bonds. The predicted octanol–water partition coefficient (Wildman–Crippen LogP) is 4.43. The second-order valence-electron chi connectivity index (χ2n) is 7.74. The number of benzene rings is 2. The molecular weight excluding hydrogens is 406 g/mol. The highest BCUT2D eigenvalue weighted by atomic mass is 19.3. The summed E-state index contributed by atoms with van der Waals surface area (Å²) in [6.45, 7) is -0.821. The van der Waals surface area contributed by atoms with Crippen molar-refractivity contribution in [3.05, 3.63) is 78.4 Å². The zero-order valence-corrected chi connectivity index (χ0v) is 16.7. The summed E-state index contributed by atoms with van der Waals surface area (Å²) in [5.74, 6) is -4.63. The minimum Gasteiger partial charge on any atom is -0.487 e. The maximum Gasteiger partial charge on any atom is 0.338 e. The van der Waals surface area contributed by atoms with E-state index in [1.807, 2.05) is 0 Å². The van der Waals surface area contributed by atoms with E-state index in [9.17, 15) is 18.4 Å². The van der Waals surface area contributed by atoms with Crippen molar-refractivity contribution in [2.24, 2.45) is 11.8 Å². The van der Waals surface area contributed by atoms with Crippen molar-refractivity contribution in [1.82, 2.24) is 0 Å². The van der Waals surface area contributed by atoms with Crippen molar-refractivity contribution < 1.29 is 32.6 Å². The number of para-hydroxylation sites is 1. The van der Waals surface area contributed by atoms with Gasteiger partial charge >= 0.3 is 11.9 Å². The number of hydrogen-bond acceptors (Lipinski definition) is 5. The fourth-order valence-corrected chi connectivity index (χ4v) is 4.07. The van der Waals surface area contributed by atoms with Gasteiger partial charge in [0.15, 0.2) is 6.61 Å². The van der Waals surface area contributed by atoms with Crippen LogP contribution in [0, 0.1) is 11.8 Å². The number of ether oxygens (including phenoxy) is 3. The third kappa shape index (κ3) is 5.10. The molecule has 2 fully saturated rings. The Hall–Kier alpha value is -3.22. The number of halogens is 2. The van der Waals surface area contributed by atoms with Gasteiger partial charge in [-0.15, -0.1) is 0 Å². The highest BCUT2D eigenvalue weighted by Crippen LogP contribution is 2.44. The van der Waals surface area contributed by atoms with Gasteiger partial charge in [0.1, 0.15) is 18.0 Å². The van der Waals surface area contributed by atoms with Gasteiger partial charge in [0.05, 0.1) is 12.0 Å². The smallest absolute Gasteiger partial charge is 0.338 e. The van der Waals surface area contributed by atoms with Crippen LogP contribution in [0.25, 0.3) is 0 Å². The summed E-state index contributed by atoms with van der Waals surface area (Å²) in [6.07, 6.45) is 1.42. The third-order valence-electron chi connectivity index (χ3n) is 5.56. The molecule has 1 saturated heterocycles. The van der Waals surface area contributed by atoms with Crippen molar-refractivity contribution in [1.29, 1.82) is 0 Å². The first kappa shape index (κ1) is 21.0. The summed E-state index contributed by atoms with van der Waals surface area (Å²) in [6, 6.07) is 16.8. The topological polar surface area (TPSA) is 61.8 Å². The largest absolute Gasteiger partial charge is 0.487 e. The maximum atomic E-state index is 14.4. The lowest BCUT2D eigenvalue weighted by Gasteiger charge is -2.21. The lowest BCUT2D eigenvalue weighted by Crippen LogP contribution is -2.27. The second kappa shape index (κ2) is 8.88. The fourth-order valence-electron chi connectivity index (χ4n) is 4.07. The summed E-state index contributed by atoms with van der Waals surface area (Å²) < 4.78 is 44.9. The average molecular weight is 428 g/mol. The van der Waals surface area contributed by atoms with E-state index in [4.69, 9.17) is 14.2 Å². The molecule has 1 aliphatic heterocycles. The number of fused-ring (bicyclic) bond motifs is 1. The van der Waals surface area contributed by atoms with Crippen LogP contribution in [0.2, 0.25) is 0 Å². The first-order valence-electron chi connectivity index (χ1n) is 10.1. The molecule has 31 heavy (non-hydrogen) atoms. The first-order chi connectivity index (χ1) is 14.9. The molecule has 1 saturated carbocycles. The summed E-state index contributed by atoms with van der Waals surface area (Å²) in [5.41, 5.74) is 0.376. The van der Waals surface area contributed by atoms with E-state index in [-0.39, 0.29) is 24.7 Å². The normalized spacial score (nSPS) is 25.3. The molecule has 2 aliphatic rings. The Kier molecular flexibility index (Phi) is 6.02. The molecule has 4 atom stereocenters. The molecule has 4 rings (SSSR count). The SMILES string of the molecule is O=C1C[C@@H]2[C@@H](/C=C/C(F)(F)COc3ccccc3)[C@H](OC(=O)c3ccccc3)C[C@@H]2O1. The molecule has 0 spiro atoms. The van der Waals surface area contributed by atoms with Crippen molar-refractivity contribution in [2.75, 3.05) is 6.61 Å². The number of alkyl halides is 2. The van der Waals surface area contributed by atoms with E-state index >= 15 is 0 Å². The van der Waals surface area contributed by atoms with Gasteiger partial charge in [0.25, 0.3) is 5.92 Å². The van der Waals surface area contributed by atoms with Crippen LogP contribution in [0.15, 0.2) is 72.8 Å². The van der Waals surface area contributed by atoms with Gasteiger partial charge < -0.3 is 14.2 Å². The number of carbonyl (C=O) groups excluding carboxylic acids is 2. The van der Waals surface area contributed by atoms with E-state index in [2.05, 4.69) is 0 Å². The fraction of sp³-hybridized carbons (Fsp3) is 0.333. The highest BCUT2D eigenvalue weighted by molar-refractivity contribution is 5.89. The van der Waals surface area contributed by atoms with Gasteiger partial charge in [0, 0.05) is 18.3 Å². The van der Waals surface area contributed by atoms with Crippen LogP contribution in [0.4, 0.5) is 8.78 Å². The highest BCUT2D eigenvalue weighted by Gasteiger charge is 2.51. The van der Waals surface area contributed by atoms with Gasteiger partial charge in [-0.2, -0.15) is 8.78 Å². The molecule has 1 heterocycles. The summed E-state index contributed by atoms with van der Waals surface area (Å²) in [7, 11) is 0. The lowest BCUT2D eigenvalue weighted by atomic mass is 9.91. The Morgan fingerprint density at radius 2 is 1.77 bits per heavy atom. The zero-order valence-electron chi connectivity index (χ0n) is 16.7. The third-order valence-corrected chi connectivity index (χ3v) is 5.56.